The SMILES string of the molecule is CNC(=O)[C@H]1[C@H]2C(=O)N(C3CC3)[C@H](C(=O)NC3CCCCC3)[C@]23C=C[C@]1(C)O3. The van der Waals surface area contributed by atoms with Crippen LogP contribution < -0.4 is 10.6 Å². The van der Waals surface area contributed by atoms with Crippen molar-refractivity contribution in [3.63, 3.8) is 0 Å². The zero-order valence-electron chi connectivity index (χ0n) is 16.6. The minimum absolute atomic E-state index is 0.0868. The van der Waals surface area contributed by atoms with E-state index in [1.807, 2.05) is 19.1 Å². The summed E-state index contributed by atoms with van der Waals surface area (Å²) in [5.41, 5.74) is -1.89. The molecule has 7 heteroatoms. The molecule has 2 aliphatic carbocycles. The Morgan fingerprint density at radius 3 is 2.46 bits per heavy atom. The summed E-state index contributed by atoms with van der Waals surface area (Å²) in [6, 6.07) is -0.434. The molecule has 5 aliphatic rings. The molecule has 0 aromatic rings. The molecule has 0 radical (unpaired) electrons. The molecule has 0 unspecified atom stereocenters. The van der Waals surface area contributed by atoms with Crippen LogP contribution in [0, 0.1) is 11.8 Å². The Hall–Kier alpha value is -1.89. The number of fused-ring (bicyclic) bond motifs is 1. The van der Waals surface area contributed by atoms with E-state index in [0.717, 1.165) is 38.5 Å². The van der Waals surface area contributed by atoms with Crippen molar-refractivity contribution in [2.75, 3.05) is 7.05 Å². The van der Waals surface area contributed by atoms with Crippen LogP contribution in [0.5, 0.6) is 0 Å². The number of amides is 3. The number of hydrogen-bond donors (Lipinski definition) is 2. The van der Waals surface area contributed by atoms with Crippen molar-refractivity contribution in [2.45, 2.75) is 81.2 Å². The molecule has 4 fully saturated rings. The number of rotatable bonds is 4. The van der Waals surface area contributed by atoms with Crippen molar-refractivity contribution >= 4 is 17.7 Å². The van der Waals surface area contributed by atoms with E-state index in [1.165, 1.54) is 6.42 Å². The molecule has 7 nitrogen and oxygen atoms in total. The topological polar surface area (TPSA) is 87.7 Å². The number of nitrogens with one attached hydrogen (secondary N) is 2. The fraction of sp³-hybridized carbons (Fsp3) is 0.762. The number of ether oxygens (including phenoxy) is 1. The second-order valence-electron chi connectivity index (χ2n) is 9.27. The first-order valence-corrected chi connectivity index (χ1v) is 10.7. The summed E-state index contributed by atoms with van der Waals surface area (Å²) in [6.07, 6.45) is 11.0. The van der Waals surface area contributed by atoms with Gasteiger partial charge in [0.1, 0.15) is 11.6 Å². The number of nitrogens with zero attached hydrogens (tertiary/aromatic N) is 1. The molecule has 1 spiro atoms. The van der Waals surface area contributed by atoms with Gasteiger partial charge in [-0.2, -0.15) is 0 Å². The third-order valence-electron chi connectivity index (χ3n) is 7.40. The fourth-order valence-corrected chi connectivity index (χ4v) is 6.00. The van der Waals surface area contributed by atoms with Crippen LogP contribution in [0.3, 0.4) is 0 Å². The largest absolute Gasteiger partial charge is 0.359 e. The van der Waals surface area contributed by atoms with E-state index in [-0.39, 0.29) is 29.8 Å². The molecule has 5 rings (SSSR count). The van der Waals surface area contributed by atoms with Gasteiger partial charge in [0, 0.05) is 19.1 Å². The molecule has 3 amide bonds. The van der Waals surface area contributed by atoms with Crippen LogP contribution in [-0.2, 0) is 19.1 Å². The maximum Gasteiger partial charge on any atom is 0.246 e. The standard InChI is InChI=1S/C21H29N3O4/c1-20-10-11-21(28-20)15(14(20)17(25)22-2)19(27)24(13-8-9-13)16(21)18(26)23-12-6-4-3-5-7-12/h10-16H,3-9H2,1-2H3,(H,22,25)(H,23,26)/t14-,15+,16-,20+,21+/m1/s1. The van der Waals surface area contributed by atoms with Crippen molar-refractivity contribution in [1.82, 2.24) is 15.5 Å². The summed E-state index contributed by atoms with van der Waals surface area (Å²) < 4.78 is 6.41. The van der Waals surface area contributed by atoms with E-state index in [9.17, 15) is 14.4 Å². The lowest BCUT2D eigenvalue weighted by atomic mass is 9.70. The van der Waals surface area contributed by atoms with Crippen LogP contribution in [0.1, 0.15) is 51.9 Å². The molecule has 152 valence electrons. The number of hydrogen-bond acceptors (Lipinski definition) is 4. The molecule has 2 saturated carbocycles. The predicted molar refractivity (Wildman–Crippen MR) is 101 cm³/mol. The lowest BCUT2D eigenvalue weighted by molar-refractivity contribution is -0.145. The van der Waals surface area contributed by atoms with Gasteiger partial charge in [0.15, 0.2) is 0 Å². The maximum atomic E-state index is 13.5. The van der Waals surface area contributed by atoms with Gasteiger partial charge in [0.25, 0.3) is 0 Å². The quantitative estimate of drug-likeness (QED) is 0.701. The van der Waals surface area contributed by atoms with Crippen LogP contribution in [0.2, 0.25) is 0 Å². The van der Waals surface area contributed by atoms with E-state index in [2.05, 4.69) is 10.6 Å². The highest BCUT2D eigenvalue weighted by Crippen LogP contribution is 2.60. The van der Waals surface area contributed by atoms with Crippen LogP contribution in [-0.4, -0.2) is 59.0 Å². The summed E-state index contributed by atoms with van der Waals surface area (Å²) in [4.78, 5) is 41.4. The van der Waals surface area contributed by atoms with Gasteiger partial charge in [0.05, 0.1) is 17.4 Å². The second-order valence-corrected chi connectivity index (χ2v) is 9.27. The van der Waals surface area contributed by atoms with E-state index in [0.29, 0.717) is 0 Å². The molecule has 2 bridgehead atoms. The molecule has 2 saturated heterocycles. The smallest absolute Gasteiger partial charge is 0.246 e. The first-order chi connectivity index (χ1) is 13.4. The molecule has 5 atom stereocenters. The molecule has 2 N–H and O–H groups in total. The minimum Gasteiger partial charge on any atom is -0.359 e. The van der Waals surface area contributed by atoms with Crippen LogP contribution >= 0.6 is 0 Å². The monoisotopic (exact) mass is 387 g/mol. The number of carbonyl (C=O) groups excluding carboxylic acids is 3. The Morgan fingerprint density at radius 1 is 1.11 bits per heavy atom. The zero-order valence-corrected chi connectivity index (χ0v) is 16.6. The molecule has 0 aromatic carbocycles. The molecular weight excluding hydrogens is 358 g/mol. The summed E-state index contributed by atoms with van der Waals surface area (Å²) in [7, 11) is 1.58. The van der Waals surface area contributed by atoms with Crippen LogP contribution in [0.4, 0.5) is 0 Å². The lowest BCUT2D eigenvalue weighted by Gasteiger charge is -2.34. The van der Waals surface area contributed by atoms with Gasteiger partial charge in [-0.3, -0.25) is 14.4 Å². The van der Waals surface area contributed by atoms with Gasteiger partial charge in [-0.15, -0.1) is 0 Å². The average molecular weight is 387 g/mol. The third kappa shape index (κ3) is 2.34. The van der Waals surface area contributed by atoms with Crippen molar-refractivity contribution in [2.24, 2.45) is 11.8 Å². The minimum atomic E-state index is -1.04. The molecule has 3 aliphatic heterocycles. The Balaban J connectivity index is 1.51. The van der Waals surface area contributed by atoms with E-state index in [4.69, 9.17) is 4.74 Å². The Bertz CT molecular complexity index is 757. The highest BCUT2D eigenvalue weighted by Gasteiger charge is 2.77. The highest BCUT2D eigenvalue weighted by atomic mass is 16.5. The van der Waals surface area contributed by atoms with Gasteiger partial charge in [-0.1, -0.05) is 31.4 Å². The van der Waals surface area contributed by atoms with Crippen molar-refractivity contribution in [3.05, 3.63) is 12.2 Å². The maximum absolute atomic E-state index is 13.5. The van der Waals surface area contributed by atoms with Gasteiger partial charge in [0.2, 0.25) is 17.7 Å². The van der Waals surface area contributed by atoms with Crippen molar-refractivity contribution < 1.29 is 19.1 Å². The second kappa shape index (κ2) is 6.05. The highest BCUT2D eigenvalue weighted by molar-refractivity contribution is 6.00. The van der Waals surface area contributed by atoms with Crippen LogP contribution in [0.15, 0.2) is 12.2 Å². The zero-order chi connectivity index (χ0) is 19.7. The normalized spacial score (nSPS) is 42.0. The Morgan fingerprint density at radius 2 is 1.82 bits per heavy atom. The predicted octanol–water partition coefficient (Wildman–Crippen LogP) is 0.884. The molecule has 3 heterocycles. The molecule has 28 heavy (non-hydrogen) atoms. The van der Waals surface area contributed by atoms with E-state index in [1.54, 1.807) is 11.9 Å². The van der Waals surface area contributed by atoms with Gasteiger partial charge < -0.3 is 20.3 Å². The van der Waals surface area contributed by atoms with Crippen molar-refractivity contribution in [1.29, 1.82) is 0 Å². The van der Waals surface area contributed by atoms with Crippen LogP contribution in [0.25, 0.3) is 0 Å². The Kier molecular flexibility index (Phi) is 3.92. The summed E-state index contributed by atoms with van der Waals surface area (Å²) in [5.74, 6) is -1.67. The lowest BCUT2D eigenvalue weighted by Crippen LogP contribution is -2.57. The first kappa shape index (κ1) is 18.2. The van der Waals surface area contributed by atoms with Gasteiger partial charge >= 0.3 is 0 Å². The van der Waals surface area contributed by atoms with E-state index >= 15 is 0 Å². The van der Waals surface area contributed by atoms with Gasteiger partial charge in [-0.05, 0) is 32.6 Å². The summed E-state index contributed by atoms with van der Waals surface area (Å²) in [5, 5.41) is 5.90. The summed E-state index contributed by atoms with van der Waals surface area (Å²) >= 11 is 0. The molecule has 0 aromatic heterocycles. The van der Waals surface area contributed by atoms with E-state index < -0.39 is 29.1 Å². The molecular formula is C21H29N3O4. The number of likely N-dealkylation sites (tertiary alicyclic amines) is 1. The fourth-order valence-electron chi connectivity index (χ4n) is 6.00. The Labute approximate surface area is 165 Å². The first-order valence-electron chi connectivity index (χ1n) is 10.7. The number of carbonyl (C=O) groups is 3. The van der Waals surface area contributed by atoms with Gasteiger partial charge in [-0.25, -0.2) is 0 Å². The average Bonchev–Trinajstić information content (AvgIpc) is 3.35. The third-order valence-corrected chi connectivity index (χ3v) is 7.40. The van der Waals surface area contributed by atoms with Crippen molar-refractivity contribution in [3.8, 4) is 0 Å². The summed E-state index contributed by atoms with van der Waals surface area (Å²) in [6.45, 7) is 1.85.